The molecule has 2 heterocycles. The van der Waals surface area contributed by atoms with Crippen molar-refractivity contribution in [1.29, 1.82) is 0 Å². The summed E-state index contributed by atoms with van der Waals surface area (Å²) < 4.78 is 5.48. The summed E-state index contributed by atoms with van der Waals surface area (Å²) in [5.74, 6) is 1.19. The van der Waals surface area contributed by atoms with Crippen LogP contribution in [0.1, 0.15) is 38.5 Å². The van der Waals surface area contributed by atoms with E-state index in [1.165, 1.54) is 0 Å². The molecule has 2 aromatic heterocycles. The molecule has 0 aliphatic carbocycles. The Morgan fingerprint density at radius 1 is 1.31 bits per heavy atom. The summed E-state index contributed by atoms with van der Waals surface area (Å²) in [5, 5.41) is 0. The summed E-state index contributed by atoms with van der Waals surface area (Å²) in [6.45, 7) is 4.30. The molecule has 0 saturated carbocycles. The van der Waals surface area contributed by atoms with Crippen LogP contribution in [-0.4, -0.2) is 9.97 Å². The van der Waals surface area contributed by atoms with Gasteiger partial charge in [-0.2, -0.15) is 0 Å². The summed E-state index contributed by atoms with van der Waals surface area (Å²) >= 11 is 0. The summed E-state index contributed by atoms with van der Waals surface area (Å²) in [6.07, 6.45) is 5.69. The highest BCUT2D eigenvalue weighted by molar-refractivity contribution is 5.51. The molecule has 1 atom stereocenters. The van der Waals surface area contributed by atoms with Gasteiger partial charge in [0.2, 0.25) is 0 Å². The zero-order valence-corrected chi connectivity index (χ0v) is 9.68. The highest BCUT2D eigenvalue weighted by atomic mass is 16.3. The largest absolute Gasteiger partial charge is 0.448 e. The predicted octanol–water partition coefficient (Wildman–Crippen LogP) is 3.64. The number of hydrogen-bond acceptors (Lipinski definition) is 3. The monoisotopic (exact) mass is 216 g/mol. The summed E-state index contributed by atoms with van der Waals surface area (Å²) in [5.41, 5.74) is 1.68. The van der Waals surface area contributed by atoms with Crippen LogP contribution in [0.4, 0.5) is 0 Å². The summed E-state index contributed by atoms with van der Waals surface area (Å²) in [6, 6.07) is 5.78. The highest BCUT2D eigenvalue weighted by Gasteiger charge is 2.12. The van der Waals surface area contributed by atoms with Crippen LogP contribution in [0, 0.1) is 0 Å². The van der Waals surface area contributed by atoms with Crippen molar-refractivity contribution in [1.82, 2.24) is 9.97 Å². The van der Waals surface area contributed by atoms with Gasteiger partial charge in [0.1, 0.15) is 12.0 Å². The van der Waals surface area contributed by atoms with E-state index in [-0.39, 0.29) is 0 Å². The van der Waals surface area contributed by atoms with Gasteiger partial charge in [-0.05, 0) is 18.6 Å². The lowest BCUT2D eigenvalue weighted by molar-refractivity contribution is 0.444. The number of nitrogens with zero attached hydrogens (tertiary/aromatic N) is 2. The number of hydrogen-bond donors (Lipinski definition) is 0. The minimum absolute atomic E-state index is 0.377. The Morgan fingerprint density at radius 2 is 2.19 bits per heavy atom. The molecular weight excluding hydrogens is 200 g/mol. The third-order valence-corrected chi connectivity index (χ3v) is 2.59. The molecule has 1 unspecified atom stereocenters. The molecule has 3 nitrogen and oxygen atoms in total. The lowest BCUT2D eigenvalue weighted by Crippen LogP contribution is -1.93. The molecule has 0 N–H and O–H groups in total. The van der Waals surface area contributed by atoms with Crippen molar-refractivity contribution in [2.75, 3.05) is 0 Å². The van der Waals surface area contributed by atoms with Crippen LogP contribution >= 0.6 is 0 Å². The van der Waals surface area contributed by atoms with Gasteiger partial charge in [-0.3, -0.25) is 4.98 Å². The van der Waals surface area contributed by atoms with Crippen LogP contribution in [0.2, 0.25) is 0 Å². The van der Waals surface area contributed by atoms with E-state index in [1.54, 1.807) is 12.5 Å². The van der Waals surface area contributed by atoms with Crippen molar-refractivity contribution in [2.24, 2.45) is 0 Å². The van der Waals surface area contributed by atoms with Gasteiger partial charge in [0, 0.05) is 12.1 Å². The SMILES string of the molecule is CCCC(C)c1nc(-c2ccccn2)co1. The molecule has 0 amide bonds. The second kappa shape index (κ2) is 4.92. The molecule has 0 bridgehead atoms. The molecule has 2 aromatic rings. The third-order valence-electron chi connectivity index (χ3n) is 2.59. The maximum absolute atomic E-state index is 5.48. The first-order chi connectivity index (χ1) is 7.81. The molecule has 0 saturated heterocycles. The standard InChI is InChI=1S/C13H16N2O/c1-3-6-10(2)13-15-12(9-16-13)11-7-4-5-8-14-11/h4-5,7-10H,3,6H2,1-2H3. The third kappa shape index (κ3) is 2.30. The minimum Gasteiger partial charge on any atom is -0.448 e. The first kappa shape index (κ1) is 10.9. The maximum atomic E-state index is 5.48. The van der Waals surface area contributed by atoms with E-state index in [0.717, 1.165) is 30.1 Å². The van der Waals surface area contributed by atoms with E-state index in [2.05, 4.69) is 23.8 Å². The van der Waals surface area contributed by atoms with E-state index in [9.17, 15) is 0 Å². The maximum Gasteiger partial charge on any atom is 0.197 e. The Kier molecular flexibility index (Phi) is 3.34. The fourth-order valence-electron chi connectivity index (χ4n) is 1.70. The van der Waals surface area contributed by atoms with Crippen molar-refractivity contribution >= 4 is 0 Å². The Hall–Kier alpha value is -1.64. The van der Waals surface area contributed by atoms with E-state index in [0.29, 0.717) is 5.92 Å². The lowest BCUT2D eigenvalue weighted by Gasteiger charge is -2.03. The van der Waals surface area contributed by atoms with Gasteiger partial charge in [0.25, 0.3) is 0 Å². The van der Waals surface area contributed by atoms with E-state index >= 15 is 0 Å². The summed E-state index contributed by atoms with van der Waals surface area (Å²) in [4.78, 5) is 8.71. The van der Waals surface area contributed by atoms with E-state index in [1.807, 2.05) is 18.2 Å². The predicted molar refractivity (Wildman–Crippen MR) is 63.1 cm³/mol. The lowest BCUT2D eigenvalue weighted by atomic mass is 10.1. The van der Waals surface area contributed by atoms with Crippen LogP contribution in [0.25, 0.3) is 11.4 Å². The van der Waals surface area contributed by atoms with Gasteiger partial charge in [-0.1, -0.05) is 26.3 Å². The van der Waals surface area contributed by atoms with Gasteiger partial charge in [-0.15, -0.1) is 0 Å². The second-order valence-electron chi connectivity index (χ2n) is 3.98. The van der Waals surface area contributed by atoms with Gasteiger partial charge in [0.05, 0.1) is 5.69 Å². The molecule has 2 rings (SSSR count). The number of oxazole rings is 1. The molecule has 16 heavy (non-hydrogen) atoms. The zero-order chi connectivity index (χ0) is 11.4. The van der Waals surface area contributed by atoms with Crippen molar-refractivity contribution < 1.29 is 4.42 Å². The van der Waals surface area contributed by atoms with Crippen molar-refractivity contribution in [2.45, 2.75) is 32.6 Å². The Labute approximate surface area is 95.5 Å². The van der Waals surface area contributed by atoms with E-state index in [4.69, 9.17) is 4.42 Å². The quantitative estimate of drug-likeness (QED) is 0.783. The fourth-order valence-corrected chi connectivity index (χ4v) is 1.70. The van der Waals surface area contributed by atoms with Crippen LogP contribution in [0.15, 0.2) is 35.1 Å². The Balaban J connectivity index is 2.20. The normalized spacial score (nSPS) is 12.6. The second-order valence-corrected chi connectivity index (χ2v) is 3.98. The van der Waals surface area contributed by atoms with Gasteiger partial charge in [0.15, 0.2) is 5.89 Å². The van der Waals surface area contributed by atoms with Crippen LogP contribution in [0.5, 0.6) is 0 Å². The molecule has 0 radical (unpaired) electrons. The van der Waals surface area contributed by atoms with Gasteiger partial charge >= 0.3 is 0 Å². The van der Waals surface area contributed by atoms with Crippen molar-refractivity contribution in [3.8, 4) is 11.4 Å². The summed E-state index contributed by atoms with van der Waals surface area (Å²) in [7, 11) is 0. The fraction of sp³-hybridized carbons (Fsp3) is 0.385. The van der Waals surface area contributed by atoms with Crippen LogP contribution in [0.3, 0.4) is 0 Å². The van der Waals surface area contributed by atoms with Crippen LogP contribution < -0.4 is 0 Å². The molecule has 0 aromatic carbocycles. The number of aromatic nitrogens is 2. The van der Waals surface area contributed by atoms with Crippen molar-refractivity contribution in [3.63, 3.8) is 0 Å². The Morgan fingerprint density at radius 3 is 2.88 bits per heavy atom. The van der Waals surface area contributed by atoms with Gasteiger partial charge < -0.3 is 4.42 Å². The molecule has 0 aliphatic rings. The molecule has 0 spiro atoms. The average Bonchev–Trinajstić information content (AvgIpc) is 2.80. The number of rotatable bonds is 4. The smallest absolute Gasteiger partial charge is 0.197 e. The first-order valence-corrected chi connectivity index (χ1v) is 5.68. The molecule has 0 fully saturated rings. The van der Waals surface area contributed by atoms with Crippen molar-refractivity contribution in [3.05, 3.63) is 36.5 Å². The molecular formula is C13H16N2O. The number of pyridine rings is 1. The van der Waals surface area contributed by atoms with Gasteiger partial charge in [-0.25, -0.2) is 4.98 Å². The van der Waals surface area contributed by atoms with E-state index < -0.39 is 0 Å². The minimum atomic E-state index is 0.377. The molecule has 3 heteroatoms. The van der Waals surface area contributed by atoms with Crippen LogP contribution in [-0.2, 0) is 0 Å². The molecule has 0 aliphatic heterocycles. The average molecular weight is 216 g/mol. The zero-order valence-electron chi connectivity index (χ0n) is 9.68. The topological polar surface area (TPSA) is 38.9 Å². The highest BCUT2D eigenvalue weighted by Crippen LogP contribution is 2.23. The Bertz CT molecular complexity index is 436. The molecule has 84 valence electrons. The first-order valence-electron chi connectivity index (χ1n) is 5.68.